The summed E-state index contributed by atoms with van der Waals surface area (Å²) in [6.45, 7) is 8.22. The van der Waals surface area contributed by atoms with Crippen LogP contribution >= 0.6 is 15.9 Å². The van der Waals surface area contributed by atoms with Gasteiger partial charge in [-0.15, -0.1) is 0 Å². The van der Waals surface area contributed by atoms with Crippen LogP contribution in [0.5, 0.6) is 5.75 Å². The van der Waals surface area contributed by atoms with Gasteiger partial charge in [0.2, 0.25) is 0 Å². The Morgan fingerprint density at radius 2 is 1.80 bits per heavy atom. The fourth-order valence-electron chi connectivity index (χ4n) is 2.49. The van der Waals surface area contributed by atoms with Crippen LogP contribution in [-0.2, 0) is 4.74 Å². The number of rotatable bonds is 7. The third-order valence-electron chi connectivity index (χ3n) is 3.89. The minimum absolute atomic E-state index is 0.619. The SMILES string of the molecule is CC1CC[NH+](CCOCCOc2ccc(Br)cc2)CC1. The minimum atomic E-state index is 0.619. The van der Waals surface area contributed by atoms with Crippen LogP contribution in [0.3, 0.4) is 0 Å². The molecule has 1 N–H and O–H groups in total. The molecule has 1 heterocycles. The lowest BCUT2D eigenvalue weighted by Gasteiger charge is -2.27. The van der Waals surface area contributed by atoms with E-state index in [-0.39, 0.29) is 0 Å². The molecule has 0 amide bonds. The second-order valence-corrected chi connectivity index (χ2v) is 6.51. The Kier molecular flexibility index (Phi) is 6.83. The molecule has 2 rings (SSSR count). The average molecular weight is 343 g/mol. The highest BCUT2D eigenvalue weighted by Crippen LogP contribution is 2.15. The summed E-state index contributed by atoms with van der Waals surface area (Å²) >= 11 is 3.41. The van der Waals surface area contributed by atoms with Gasteiger partial charge in [-0.1, -0.05) is 22.9 Å². The second-order valence-electron chi connectivity index (χ2n) is 5.60. The average Bonchev–Trinajstić information content (AvgIpc) is 2.46. The molecule has 4 heteroatoms. The molecule has 0 radical (unpaired) electrons. The molecule has 1 fully saturated rings. The second kappa shape index (κ2) is 8.65. The maximum atomic E-state index is 5.65. The van der Waals surface area contributed by atoms with Gasteiger partial charge in [0.1, 0.15) is 18.9 Å². The Morgan fingerprint density at radius 3 is 2.50 bits per heavy atom. The van der Waals surface area contributed by atoms with E-state index in [4.69, 9.17) is 9.47 Å². The zero-order valence-corrected chi connectivity index (χ0v) is 13.8. The van der Waals surface area contributed by atoms with Crippen molar-refractivity contribution in [3.05, 3.63) is 28.7 Å². The Morgan fingerprint density at radius 1 is 1.10 bits per heavy atom. The molecule has 3 nitrogen and oxygen atoms in total. The summed E-state index contributed by atoms with van der Waals surface area (Å²) in [5.74, 6) is 1.81. The Bertz CT molecular complexity index is 375. The van der Waals surface area contributed by atoms with Gasteiger partial charge in [0.15, 0.2) is 0 Å². The highest BCUT2D eigenvalue weighted by molar-refractivity contribution is 9.10. The number of ether oxygens (including phenoxy) is 2. The molecule has 0 unspecified atom stereocenters. The summed E-state index contributed by atoms with van der Waals surface area (Å²) in [5.41, 5.74) is 0. The van der Waals surface area contributed by atoms with Crippen LogP contribution in [0.25, 0.3) is 0 Å². The first-order chi connectivity index (χ1) is 9.74. The van der Waals surface area contributed by atoms with E-state index in [1.807, 2.05) is 24.3 Å². The van der Waals surface area contributed by atoms with Crippen LogP contribution in [0.1, 0.15) is 19.8 Å². The van der Waals surface area contributed by atoms with Gasteiger partial charge in [-0.2, -0.15) is 0 Å². The van der Waals surface area contributed by atoms with Crippen LogP contribution in [-0.4, -0.2) is 39.5 Å². The summed E-state index contributed by atoms with van der Waals surface area (Å²) in [5, 5.41) is 0. The molecule has 0 aliphatic carbocycles. The van der Waals surface area contributed by atoms with Gasteiger partial charge in [0.25, 0.3) is 0 Å². The minimum Gasteiger partial charge on any atom is -0.491 e. The lowest BCUT2D eigenvalue weighted by atomic mass is 9.99. The number of halogens is 1. The van der Waals surface area contributed by atoms with E-state index in [0.717, 1.165) is 29.3 Å². The molecule has 1 aromatic carbocycles. The number of hydrogen-bond donors (Lipinski definition) is 1. The number of benzene rings is 1. The topological polar surface area (TPSA) is 22.9 Å². The third kappa shape index (κ3) is 5.81. The zero-order valence-electron chi connectivity index (χ0n) is 12.2. The van der Waals surface area contributed by atoms with Crippen molar-refractivity contribution in [1.29, 1.82) is 0 Å². The van der Waals surface area contributed by atoms with Crippen LogP contribution in [0.4, 0.5) is 0 Å². The number of piperidine rings is 1. The van der Waals surface area contributed by atoms with Crippen molar-refractivity contribution >= 4 is 15.9 Å². The van der Waals surface area contributed by atoms with Crippen LogP contribution in [0.2, 0.25) is 0 Å². The van der Waals surface area contributed by atoms with E-state index in [2.05, 4.69) is 22.9 Å². The first-order valence-corrected chi connectivity index (χ1v) is 8.33. The first kappa shape index (κ1) is 15.8. The maximum absolute atomic E-state index is 5.65. The molecule has 0 atom stereocenters. The molecule has 0 saturated carbocycles. The standard InChI is InChI=1S/C16H24BrNO2/c1-14-6-8-18(9-7-14)10-11-19-12-13-20-16-4-2-15(17)3-5-16/h2-5,14H,6-13H2,1H3/p+1. The quantitative estimate of drug-likeness (QED) is 0.767. The van der Waals surface area contributed by atoms with E-state index in [0.29, 0.717) is 13.2 Å². The Balaban J connectivity index is 1.48. The molecule has 1 aromatic rings. The third-order valence-corrected chi connectivity index (χ3v) is 4.42. The predicted molar refractivity (Wildman–Crippen MR) is 84.4 cm³/mol. The molecular weight excluding hydrogens is 318 g/mol. The highest BCUT2D eigenvalue weighted by Gasteiger charge is 2.17. The van der Waals surface area contributed by atoms with Crippen LogP contribution in [0.15, 0.2) is 28.7 Å². The van der Waals surface area contributed by atoms with Crippen LogP contribution in [0, 0.1) is 5.92 Å². The molecule has 0 aromatic heterocycles. The van der Waals surface area contributed by atoms with Crippen molar-refractivity contribution in [3.63, 3.8) is 0 Å². The number of hydrogen-bond acceptors (Lipinski definition) is 2. The summed E-state index contributed by atoms with van der Waals surface area (Å²) in [7, 11) is 0. The largest absolute Gasteiger partial charge is 0.491 e. The normalized spacial score (nSPS) is 22.7. The van der Waals surface area contributed by atoms with Gasteiger partial charge in [0.05, 0.1) is 26.3 Å². The lowest BCUT2D eigenvalue weighted by Crippen LogP contribution is -3.13. The summed E-state index contributed by atoms with van der Waals surface area (Å²) < 4.78 is 12.3. The highest BCUT2D eigenvalue weighted by atomic mass is 79.9. The van der Waals surface area contributed by atoms with E-state index >= 15 is 0 Å². The fraction of sp³-hybridized carbons (Fsp3) is 0.625. The van der Waals surface area contributed by atoms with E-state index in [9.17, 15) is 0 Å². The molecule has 0 bridgehead atoms. The van der Waals surface area contributed by atoms with Crippen molar-refractivity contribution in [2.24, 2.45) is 5.92 Å². The fourth-order valence-corrected chi connectivity index (χ4v) is 2.75. The Hall–Kier alpha value is -0.580. The molecular formula is C16H25BrNO2+. The number of nitrogens with one attached hydrogen (secondary N) is 1. The van der Waals surface area contributed by atoms with Crippen molar-refractivity contribution in [2.45, 2.75) is 19.8 Å². The Labute approximate surface area is 130 Å². The van der Waals surface area contributed by atoms with Gasteiger partial charge in [-0.3, -0.25) is 0 Å². The molecule has 1 aliphatic rings. The van der Waals surface area contributed by atoms with Gasteiger partial charge < -0.3 is 14.4 Å². The van der Waals surface area contributed by atoms with Crippen molar-refractivity contribution in [3.8, 4) is 5.75 Å². The van der Waals surface area contributed by atoms with E-state index in [1.54, 1.807) is 4.90 Å². The molecule has 112 valence electrons. The van der Waals surface area contributed by atoms with Crippen LogP contribution < -0.4 is 9.64 Å². The molecule has 1 saturated heterocycles. The molecule has 1 aliphatic heterocycles. The van der Waals surface area contributed by atoms with Crippen molar-refractivity contribution < 1.29 is 14.4 Å². The van der Waals surface area contributed by atoms with E-state index in [1.165, 1.54) is 25.9 Å². The number of quaternary nitrogens is 1. The van der Waals surface area contributed by atoms with Gasteiger partial charge >= 0.3 is 0 Å². The molecule has 0 spiro atoms. The monoisotopic (exact) mass is 342 g/mol. The lowest BCUT2D eigenvalue weighted by molar-refractivity contribution is -0.906. The summed E-state index contributed by atoms with van der Waals surface area (Å²) in [6.07, 6.45) is 2.73. The zero-order chi connectivity index (χ0) is 14.2. The number of likely N-dealkylation sites (tertiary alicyclic amines) is 1. The van der Waals surface area contributed by atoms with Crippen molar-refractivity contribution in [1.82, 2.24) is 0 Å². The smallest absolute Gasteiger partial charge is 0.119 e. The molecule has 20 heavy (non-hydrogen) atoms. The van der Waals surface area contributed by atoms with Gasteiger partial charge in [-0.05, 0) is 43.0 Å². The summed E-state index contributed by atoms with van der Waals surface area (Å²) in [6, 6.07) is 7.89. The summed E-state index contributed by atoms with van der Waals surface area (Å²) in [4.78, 5) is 1.69. The first-order valence-electron chi connectivity index (χ1n) is 7.54. The van der Waals surface area contributed by atoms with E-state index < -0.39 is 0 Å². The maximum Gasteiger partial charge on any atom is 0.119 e. The van der Waals surface area contributed by atoms with Gasteiger partial charge in [0, 0.05) is 4.47 Å². The van der Waals surface area contributed by atoms with Crippen molar-refractivity contribution in [2.75, 3.05) is 39.5 Å². The predicted octanol–water partition coefficient (Wildman–Crippen LogP) is 2.16. The van der Waals surface area contributed by atoms with Gasteiger partial charge in [-0.25, -0.2) is 0 Å².